The first-order chi connectivity index (χ1) is 10.6. The van der Waals surface area contributed by atoms with Gasteiger partial charge in [0, 0.05) is 31.6 Å². The van der Waals surface area contributed by atoms with E-state index < -0.39 is 0 Å². The number of para-hydroxylation sites is 1. The van der Waals surface area contributed by atoms with Crippen LogP contribution in [-0.4, -0.2) is 37.9 Å². The van der Waals surface area contributed by atoms with E-state index in [1.54, 1.807) is 12.1 Å². The maximum absolute atomic E-state index is 12.1. The topological polar surface area (TPSA) is 89.5 Å². The molecule has 1 aliphatic heterocycles. The van der Waals surface area contributed by atoms with Crippen molar-refractivity contribution in [2.75, 3.05) is 12.8 Å². The largest absolute Gasteiger partial charge is 0.504 e. The third kappa shape index (κ3) is 2.82. The van der Waals surface area contributed by atoms with Gasteiger partial charge in [-0.3, -0.25) is 9.69 Å². The molecule has 0 atom stereocenters. The monoisotopic (exact) mass is 319 g/mol. The lowest BCUT2D eigenvalue weighted by atomic mass is 10.1. The van der Waals surface area contributed by atoms with Crippen LogP contribution in [0.2, 0.25) is 0 Å². The van der Waals surface area contributed by atoms with Crippen LogP contribution in [0.1, 0.15) is 16.8 Å². The van der Waals surface area contributed by atoms with Crippen LogP contribution in [0.25, 0.3) is 0 Å². The minimum atomic E-state index is -0.126. The van der Waals surface area contributed by atoms with Crippen molar-refractivity contribution in [1.82, 2.24) is 14.9 Å². The minimum absolute atomic E-state index is 0.0980. The maximum atomic E-state index is 12.1. The Morgan fingerprint density at radius 3 is 3.00 bits per heavy atom. The molecule has 2 aromatic rings. The number of fused-ring (bicyclic) bond motifs is 1. The van der Waals surface area contributed by atoms with Gasteiger partial charge in [0.2, 0.25) is 0 Å². The zero-order chi connectivity index (χ0) is 15.7. The lowest BCUT2D eigenvalue weighted by Gasteiger charge is -2.27. The van der Waals surface area contributed by atoms with Crippen molar-refractivity contribution >= 4 is 11.8 Å². The number of aromatic amines is 1. The van der Waals surface area contributed by atoms with Crippen molar-refractivity contribution in [1.29, 1.82) is 0 Å². The van der Waals surface area contributed by atoms with Gasteiger partial charge < -0.3 is 15.2 Å². The molecule has 2 heterocycles. The molecule has 0 spiro atoms. The fourth-order valence-corrected chi connectivity index (χ4v) is 3.03. The molecule has 22 heavy (non-hydrogen) atoms. The van der Waals surface area contributed by atoms with Gasteiger partial charge in [-0.2, -0.15) is 0 Å². The van der Waals surface area contributed by atoms with Crippen molar-refractivity contribution in [3.63, 3.8) is 0 Å². The first kappa shape index (κ1) is 14.9. The Bertz CT molecular complexity index is 760. The molecule has 0 unspecified atom stereocenters. The molecule has 0 saturated carbocycles. The van der Waals surface area contributed by atoms with E-state index in [9.17, 15) is 15.0 Å². The third-order valence-corrected chi connectivity index (χ3v) is 4.39. The number of rotatable bonds is 3. The van der Waals surface area contributed by atoms with Gasteiger partial charge in [-0.25, -0.2) is 4.98 Å². The quantitative estimate of drug-likeness (QED) is 0.451. The number of nitrogens with zero attached hydrogens (tertiary/aromatic N) is 2. The van der Waals surface area contributed by atoms with Crippen LogP contribution < -0.4 is 5.56 Å². The van der Waals surface area contributed by atoms with E-state index >= 15 is 0 Å². The average molecular weight is 319 g/mol. The molecule has 0 saturated heterocycles. The number of aromatic nitrogens is 2. The zero-order valence-corrected chi connectivity index (χ0v) is 13.0. The maximum Gasteiger partial charge on any atom is 0.256 e. The molecule has 3 rings (SSSR count). The van der Waals surface area contributed by atoms with E-state index in [1.165, 1.54) is 17.8 Å². The summed E-state index contributed by atoms with van der Waals surface area (Å²) >= 11 is 1.42. The van der Waals surface area contributed by atoms with Crippen LogP contribution in [-0.2, 0) is 19.5 Å². The minimum Gasteiger partial charge on any atom is -0.504 e. The van der Waals surface area contributed by atoms with Gasteiger partial charge in [0.05, 0.1) is 11.3 Å². The smallest absolute Gasteiger partial charge is 0.256 e. The van der Waals surface area contributed by atoms with Crippen molar-refractivity contribution in [3.05, 3.63) is 45.4 Å². The molecular weight excluding hydrogens is 302 g/mol. The second-order valence-corrected chi connectivity index (χ2v) is 6.04. The SMILES string of the molecule is CSc1nc2c(c(=O)[nH]1)CN(Cc1cccc(O)c1O)CC2. The summed E-state index contributed by atoms with van der Waals surface area (Å²) in [5.74, 6) is -0.225. The molecule has 1 aromatic heterocycles. The zero-order valence-electron chi connectivity index (χ0n) is 12.2. The van der Waals surface area contributed by atoms with E-state index in [1.807, 2.05) is 6.26 Å². The Morgan fingerprint density at radius 2 is 2.23 bits per heavy atom. The van der Waals surface area contributed by atoms with Gasteiger partial charge in [-0.05, 0) is 12.3 Å². The number of phenols is 2. The van der Waals surface area contributed by atoms with Crippen LogP contribution >= 0.6 is 11.8 Å². The second kappa shape index (κ2) is 6.02. The third-order valence-electron chi connectivity index (χ3n) is 3.81. The van der Waals surface area contributed by atoms with Crippen LogP contribution in [0, 0.1) is 0 Å². The van der Waals surface area contributed by atoms with Crippen molar-refractivity contribution < 1.29 is 10.2 Å². The number of phenolic OH excluding ortho intramolecular Hbond substituents is 2. The van der Waals surface area contributed by atoms with Gasteiger partial charge in [-0.15, -0.1) is 0 Å². The molecule has 1 aliphatic rings. The normalized spacial score (nSPS) is 14.8. The summed E-state index contributed by atoms with van der Waals surface area (Å²) in [7, 11) is 0. The Kier molecular flexibility index (Phi) is 4.08. The molecule has 3 N–H and O–H groups in total. The average Bonchev–Trinajstić information content (AvgIpc) is 2.52. The molecule has 0 aliphatic carbocycles. The number of aromatic hydroxyl groups is 2. The summed E-state index contributed by atoms with van der Waals surface area (Å²) in [5.41, 5.74) is 2.08. The molecule has 6 nitrogen and oxygen atoms in total. The first-order valence-electron chi connectivity index (χ1n) is 6.96. The summed E-state index contributed by atoms with van der Waals surface area (Å²) in [4.78, 5) is 21.4. The predicted octanol–water partition coefficient (Wildman–Crippen LogP) is 1.46. The lowest BCUT2D eigenvalue weighted by molar-refractivity contribution is 0.237. The highest BCUT2D eigenvalue weighted by atomic mass is 32.2. The van der Waals surface area contributed by atoms with Crippen LogP contribution in [0.15, 0.2) is 28.2 Å². The summed E-state index contributed by atoms with van der Waals surface area (Å²) in [6.45, 7) is 1.72. The van der Waals surface area contributed by atoms with Crippen LogP contribution in [0.5, 0.6) is 11.5 Å². The fraction of sp³-hybridized carbons (Fsp3) is 0.333. The lowest BCUT2D eigenvalue weighted by Crippen LogP contribution is -2.35. The van der Waals surface area contributed by atoms with Gasteiger partial charge in [0.25, 0.3) is 5.56 Å². The van der Waals surface area contributed by atoms with Gasteiger partial charge >= 0.3 is 0 Å². The van der Waals surface area contributed by atoms with Gasteiger partial charge in [0.1, 0.15) is 0 Å². The number of hydrogen-bond donors (Lipinski definition) is 3. The Morgan fingerprint density at radius 1 is 1.41 bits per heavy atom. The summed E-state index contributed by atoms with van der Waals surface area (Å²) in [6, 6.07) is 4.91. The van der Waals surface area contributed by atoms with E-state index in [0.29, 0.717) is 35.8 Å². The molecule has 7 heteroatoms. The Labute approximate surface area is 131 Å². The summed E-state index contributed by atoms with van der Waals surface area (Å²) in [5, 5.41) is 20.1. The van der Waals surface area contributed by atoms with Crippen molar-refractivity contribution in [2.24, 2.45) is 0 Å². The predicted molar refractivity (Wildman–Crippen MR) is 84.2 cm³/mol. The molecule has 1 aromatic carbocycles. The fourth-order valence-electron chi connectivity index (χ4n) is 2.64. The van der Waals surface area contributed by atoms with Crippen molar-refractivity contribution in [2.45, 2.75) is 24.7 Å². The summed E-state index contributed by atoms with van der Waals surface area (Å²) < 4.78 is 0. The molecule has 0 radical (unpaired) electrons. The highest BCUT2D eigenvalue weighted by Gasteiger charge is 2.22. The van der Waals surface area contributed by atoms with Crippen molar-refractivity contribution in [3.8, 4) is 11.5 Å². The molecule has 0 amide bonds. The molecule has 0 fully saturated rings. The van der Waals surface area contributed by atoms with E-state index in [0.717, 1.165) is 12.2 Å². The number of H-pyrrole nitrogens is 1. The Balaban J connectivity index is 1.83. The highest BCUT2D eigenvalue weighted by Crippen LogP contribution is 2.30. The number of nitrogens with one attached hydrogen (secondary N) is 1. The van der Waals surface area contributed by atoms with E-state index in [4.69, 9.17) is 0 Å². The molecule has 0 bridgehead atoms. The number of hydrogen-bond acceptors (Lipinski definition) is 6. The number of thioether (sulfide) groups is 1. The summed E-state index contributed by atoms with van der Waals surface area (Å²) in [6.07, 6.45) is 2.58. The van der Waals surface area contributed by atoms with Gasteiger partial charge in [0.15, 0.2) is 16.7 Å². The Hall–Kier alpha value is -1.99. The van der Waals surface area contributed by atoms with Gasteiger partial charge in [-0.1, -0.05) is 23.9 Å². The van der Waals surface area contributed by atoms with Crippen LogP contribution in [0.4, 0.5) is 0 Å². The van der Waals surface area contributed by atoms with E-state index in [2.05, 4.69) is 14.9 Å². The molecular formula is C15H17N3O3S. The number of benzene rings is 1. The first-order valence-corrected chi connectivity index (χ1v) is 8.19. The second-order valence-electron chi connectivity index (χ2n) is 5.25. The standard InChI is InChI=1S/C15H17N3O3S/c1-22-15-16-11-5-6-18(8-10(11)14(21)17-15)7-9-3-2-4-12(19)13(9)20/h2-4,19-20H,5-8H2,1H3,(H,16,17,21). The van der Waals surface area contributed by atoms with Crippen LogP contribution in [0.3, 0.4) is 0 Å². The van der Waals surface area contributed by atoms with E-state index in [-0.39, 0.29) is 17.1 Å². The highest BCUT2D eigenvalue weighted by molar-refractivity contribution is 7.98. The molecule has 116 valence electrons.